The van der Waals surface area contributed by atoms with Crippen molar-refractivity contribution >= 4 is 39.3 Å². The number of piperidine rings is 1. The number of sulfonamides is 1. The molecule has 1 heterocycles. The van der Waals surface area contributed by atoms with E-state index in [2.05, 4.69) is 11.6 Å². The summed E-state index contributed by atoms with van der Waals surface area (Å²) in [5.41, 5.74) is 1.09. The molecule has 1 N–H and O–H groups in total. The van der Waals surface area contributed by atoms with Gasteiger partial charge in [0.1, 0.15) is 0 Å². The van der Waals surface area contributed by atoms with E-state index < -0.39 is 10.0 Å². The molecule has 148 valence electrons. The maximum atomic E-state index is 12.5. The zero-order valence-electron chi connectivity index (χ0n) is 15.6. The summed E-state index contributed by atoms with van der Waals surface area (Å²) in [4.78, 5) is 14.3. The lowest BCUT2D eigenvalue weighted by atomic mass is 10.0. The van der Waals surface area contributed by atoms with Crippen LogP contribution >= 0.6 is 11.6 Å². The highest BCUT2D eigenvalue weighted by molar-refractivity contribution is 7.92. The number of benzene rings is 2. The Hall–Kier alpha value is -2.31. The average molecular weight is 419 g/mol. The second-order valence-corrected chi connectivity index (χ2v) is 9.11. The highest BCUT2D eigenvalue weighted by atomic mass is 35.5. The number of hydrogen-bond donors (Lipinski definition) is 1. The van der Waals surface area contributed by atoms with Crippen molar-refractivity contribution in [3.8, 4) is 0 Å². The van der Waals surface area contributed by atoms with E-state index >= 15 is 0 Å². The lowest BCUT2D eigenvalue weighted by molar-refractivity contribution is -0.127. The molecule has 5 nitrogen and oxygen atoms in total. The number of nitrogens with one attached hydrogen (secondary N) is 1. The number of rotatable bonds is 5. The van der Waals surface area contributed by atoms with Crippen molar-refractivity contribution in [1.82, 2.24) is 4.90 Å². The van der Waals surface area contributed by atoms with Gasteiger partial charge < -0.3 is 4.90 Å². The summed E-state index contributed by atoms with van der Waals surface area (Å²) in [6, 6.07) is 13.0. The topological polar surface area (TPSA) is 66.5 Å². The normalized spacial score (nSPS) is 17.6. The first-order valence-corrected chi connectivity index (χ1v) is 11.1. The lowest BCUT2D eigenvalue weighted by Gasteiger charge is -2.30. The van der Waals surface area contributed by atoms with Crippen molar-refractivity contribution in [2.75, 3.05) is 17.8 Å². The van der Waals surface area contributed by atoms with Gasteiger partial charge in [-0.05, 0) is 54.7 Å². The van der Waals surface area contributed by atoms with Gasteiger partial charge in [-0.25, -0.2) is 8.42 Å². The smallest absolute Gasteiger partial charge is 0.261 e. The third-order valence-electron chi connectivity index (χ3n) is 4.70. The van der Waals surface area contributed by atoms with Crippen LogP contribution in [0, 0.1) is 5.92 Å². The van der Waals surface area contributed by atoms with Gasteiger partial charge >= 0.3 is 0 Å². The number of nitrogens with zero attached hydrogens (tertiary/aromatic N) is 1. The summed E-state index contributed by atoms with van der Waals surface area (Å²) in [5.74, 6) is 0.518. The monoisotopic (exact) mass is 418 g/mol. The quantitative estimate of drug-likeness (QED) is 0.731. The fraction of sp³-hybridized carbons (Fsp3) is 0.286. The summed E-state index contributed by atoms with van der Waals surface area (Å²) < 4.78 is 27.5. The first-order valence-electron chi connectivity index (χ1n) is 9.19. The van der Waals surface area contributed by atoms with E-state index in [4.69, 9.17) is 11.6 Å². The van der Waals surface area contributed by atoms with Gasteiger partial charge in [0.2, 0.25) is 5.91 Å². The van der Waals surface area contributed by atoms with Crippen LogP contribution in [0.25, 0.3) is 6.08 Å². The first-order chi connectivity index (χ1) is 13.3. The summed E-state index contributed by atoms with van der Waals surface area (Å²) in [6.07, 6.45) is 5.44. The van der Waals surface area contributed by atoms with Crippen molar-refractivity contribution in [1.29, 1.82) is 0 Å². The van der Waals surface area contributed by atoms with Gasteiger partial charge in [-0.3, -0.25) is 9.52 Å². The second-order valence-electron chi connectivity index (χ2n) is 7.02. The molecule has 2 aromatic carbocycles. The Morgan fingerprint density at radius 1 is 1.18 bits per heavy atom. The third-order valence-corrected chi connectivity index (χ3v) is 6.41. The Bertz CT molecular complexity index is 971. The van der Waals surface area contributed by atoms with E-state index in [0.717, 1.165) is 31.5 Å². The van der Waals surface area contributed by atoms with Crippen LogP contribution < -0.4 is 4.72 Å². The maximum absolute atomic E-state index is 12.5. The summed E-state index contributed by atoms with van der Waals surface area (Å²) in [6.45, 7) is 3.73. The molecule has 2 aromatic rings. The van der Waals surface area contributed by atoms with Crippen LogP contribution in [0.4, 0.5) is 5.69 Å². The van der Waals surface area contributed by atoms with Gasteiger partial charge in [0.25, 0.3) is 10.0 Å². The molecule has 1 atom stereocenters. The van der Waals surface area contributed by atoms with E-state index in [1.54, 1.807) is 48.6 Å². The maximum Gasteiger partial charge on any atom is 0.261 e. The Morgan fingerprint density at radius 3 is 2.57 bits per heavy atom. The number of para-hydroxylation sites is 1. The molecular weight excluding hydrogens is 396 g/mol. The molecule has 0 aliphatic carbocycles. The molecule has 7 heteroatoms. The fourth-order valence-electron chi connectivity index (χ4n) is 3.17. The molecule has 0 bridgehead atoms. The zero-order chi connectivity index (χ0) is 20.1. The minimum atomic E-state index is -3.74. The van der Waals surface area contributed by atoms with Crippen molar-refractivity contribution < 1.29 is 13.2 Å². The average Bonchev–Trinajstić information content (AvgIpc) is 2.68. The van der Waals surface area contributed by atoms with Crippen molar-refractivity contribution in [3.05, 3.63) is 65.2 Å². The fourth-order valence-corrected chi connectivity index (χ4v) is 4.49. The molecule has 28 heavy (non-hydrogen) atoms. The Morgan fingerprint density at radius 2 is 1.89 bits per heavy atom. The standard InChI is InChI=1S/C21H23ClN2O3S/c1-16-5-4-14-24(15-16)21(25)13-10-17-8-11-18(12-9-17)28(26,27)23-20-7-3-2-6-19(20)22/h2-3,6-13,16,23H,4-5,14-15H2,1H3/b13-10+. The molecule has 3 rings (SSSR count). The minimum Gasteiger partial charge on any atom is -0.339 e. The molecule has 0 radical (unpaired) electrons. The van der Waals surface area contributed by atoms with Crippen LogP contribution in [0.3, 0.4) is 0 Å². The summed E-state index contributed by atoms with van der Waals surface area (Å²) >= 11 is 6.01. The molecule has 0 aromatic heterocycles. The molecular formula is C21H23ClN2O3S. The molecule has 1 saturated heterocycles. The molecule has 0 saturated carbocycles. The molecule has 1 aliphatic rings. The number of halogens is 1. The van der Waals surface area contributed by atoms with E-state index in [9.17, 15) is 13.2 Å². The van der Waals surface area contributed by atoms with Crippen LogP contribution in [0.5, 0.6) is 0 Å². The predicted molar refractivity (Wildman–Crippen MR) is 113 cm³/mol. The minimum absolute atomic E-state index is 0.0105. The van der Waals surface area contributed by atoms with Crippen LogP contribution in [0.1, 0.15) is 25.3 Å². The van der Waals surface area contributed by atoms with Crippen LogP contribution in [-0.4, -0.2) is 32.3 Å². The van der Waals surface area contributed by atoms with E-state index in [1.807, 2.05) is 4.90 Å². The Labute approximate surface area is 171 Å². The highest BCUT2D eigenvalue weighted by Crippen LogP contribution is 2.24. The second kappa shape index (κ2) is 8.80. The number of carbonyl (C=O) groups is 1. The molecule has 1 fully saturated rings. The number of hydrogen-bond acceptors (Lipinski definition) is 3. The van der Waals surface area contributed by atoms with Crippen molar-refractivity contribution in [3.63, 3.8) is 0 Å². The van der Waals surface area contributed by atoms with Gasteiger partial charge in [-0.2, -0.15) is 0 Å². The number of anilines is 1. The zero-order valence-corrected chi connectivity index (χ0v) is 17.2. The third kappa shape index (κ3) is 5.14. The molecule has 1 amide bonds. The van der Waals surface area contributed by atoms with Gasteiger partial charge in [0.15, 0.2) is 0 Å². The lowest BCUT2D eigenvalue weighted by Crippen LogP contribution is -2.38. The van der Waals surface area contributed by atoms with E-state index in [0.29, 0.717) is 16.6 Å². The molecule has 1 unspecified atom stereocenters. The first kappa shape index (κ1) is 20.4. The van der Waals surface area contributed by atoms with E-state index in [-0.39, 0.29) is 10.8 Å². The summed E-state index contributed by atoms with van der Waals surface area (Å²) in [7, 11) is -3.74. The van der Waals surface area contributed by atoms with Crippen molar-refractivity contribution in [2.24, 2.45) is 5.92 Å². The van der Waals surface area contributed by atoms with Gasteiger partial charge in [0, 0.05) is 19.2 Å². The highest BCUT2D eigenvalue weighted by Gasteiger charge is 2.19. The Kier molecular flexibility index (Phi) is 6.42. The number of likely N-dealkylation sites (tertiary alicyclic amines) is 1. The van der Waals surface area contributed by atoms with Gasteiger partial charge in [-0.1, -0.05) is 42.8 Å². The molecule has 1 aliphatic heterocycles. The SMILES string of the molecule is CC1CCCN(C(=O)/C=C/c2ccc(S(=O)(=O)Nc3ccccc3Cl)cc2)C1. The predicted octanol–water partition coefficient (Wildman–Crippen LogP) is 4.41. The van der Waals surface area contributed by atoms with Crippen molar-refractivity contribution in [2.45, 2.75) is 24.7 Å². The van der Waals surface area contributed by atoms with Gasteiger partial charge in [0.05, 0.1) is 15.6 Å². The Balaban J connectivity index is 1.67. The molecule has 0 spiro atoms. The van der Waals surface area contributed by atoms with Crippen LogP contribution in [-0.2, 0) is 14.8 Å². The largest absolute Gasteiger partial charge is 0.339 e. The number of amides is 1. The number of carbonyl (C=O) groups excluding carboxylic acids is 1. The summed E-state index contributed by atoms with van der Waals surface area (Å²) in [5, 5.41) is 0.330. The van der Waals surface area contributed by atoms with Crippen LogP contribution in [0.15, 0.2) is 59.5 Å². The van der Waals surface area contributed by atoms with E-state index in [1.165, 1.54) is 12.1 Å². The van der Waals surface area contributed by atoms with Crippen LogP contribution in [0.2, 0.25) is 5.02 Å². The van der Waals surface area contributed by atoms with Gasteiger partial charge in [-0.15, -0.1) is 0 Å².